The summed E-state index contributed by atoms with van der Waals surface area (Å²) >= 11 is 0. The highest BCUT2D eigenvalue weighted by molar-refractivity contribution is 5.88. The lowest BCUT2D eigenvalue weighted by Gasteiger charge is -2.36. The number of piperidine rings is 1. The number of ether oxygens (including phenoxy) is 1. The lowest BCUT2D eigenvalue weighted by molar-refractivity contribution is -0.139. The van der Waals surface area contributed by atoms with Crippen LogP contribution in [0.4, 0.5) is 0 Å². The topological polar surface area (TPSA) is 72.6 Å². The van der Waals surface area contributed by atoms with Crippen LogP contribution in [0.3, 0.4) is 0 Å². The average Bonchev–Trinajstić information content (AvgIpc) is 3.04. The number of amides is 1. The van der Waals surface area contributed by atoms with Crippen molar-refractivity contribution in [3.8, 4) is 0 Å². The number of carbonyl (C=O) groups excluding carboxylic acids is 2. The molecule has 0 bridgehead atoms. The van der Waals surface area contributed by atoms with Gasteiger partial charge in [-0.05, 0) is 40.5 Å². The molecule has 1 saturated heterocycles. The number of esters is 1. The third kappa shape index (κ3) is 3.52. The van der Waals surface area contributed by atoms with E-state index in [0.29, 0.717) is 25.5 Å². The molecule has 0 unspecified atom stereocenters. The molecule has 1 aliphatic rings. The second-order valence-corrected chi connectivity index (χ2v) is 6.76. The maximum absolute atomic E-state index is 12.7. The van der Waals surface area contributed by atoms with Crippen LogP contribution in [0.5, 0.6) is 0 Å². The van der Waals surface area contributed by atoms with E-state index in [1.54, 1.807) is 6.92 Å². The molecular formula is C18H26N2O4. The van der Waals surface area contributed by atoms with Crippen molar-refractivity contribution in [2.24, 2.45) is 5.41 Å². The second kappa shape index (κ2) is 7.20. The first-order chi connectivity index (χ1) is 11.3. The fraction of sp³-hybridized carbons (Fsp3) is 0.611. The van der Waals surface area contributed by atoms with Crippen molar-refractivity contribution in [3.05, 3.63) is 30.0 Å². The Labute approximate surface area is 142 Å². The predicted octanol–water partition coefficient (Wildman–Crippen LogP) is 3.16. The molecule has 6 nitrogen and oxygen atoms in total. The molecule has 0 spiro atoms. The molecular weight excluding hydrogens is 308 g/mol. The highest BCUT2D eigenvalue weighted by atomic mass is 16.5. The molecule has 1 aromatic heterocycles. The molecule has 0 aromatic carbocycles. The van der Waals surface area contributed by atoms with Crippen molar-refractivity contribution in [1.29, 1.82) is 0 Å². The van der Waals surface area contributed by atoms with Gasteiger partial charge in [0, 0.05) is 19.0 Å². The number of aromatic nitrogens is 1. The molecule has 1 fully saturated rings. The lowest BCUT2D eigenvalue weighted by atomic mass is 9.83. The van der Waals surface area contributed by atoms with Crippen molar-refractivity contribution >= 4 is 11.9 Å². The number of oxazole rings is 1. The Morgan fingerprint density at radius 1 is 1.42 bits per heavy atom. The zero-order chi connectivity index (χ0) is 17.9. The quantitative estimate of drug-likeness (QED) is 0.611. The Balaban J connectivity index is 2.04. The minimum atomic E-state index is -0.560. The Morgan fingerprint density at radius 3 is 2.58 bits per heavy atom. The van der Waals surface area contributed by atoms with Gasteiger partial charge in [0.1, 0.15) is 5.76 Å². The van der Waals surface area contributed by atoms with Gasteiger partial charge in [-0.15, -0.1) is 0 Å². The largest absolute Gasteiger partial charge is 0.461 e. The Hall–Kier alpha value is -2.11. The van der Waals surface area contributed by atoms with Crippen molar-refractivity contribution in [2.75, 3.05) is 19.7 Å². The Bertz CT molecular complexity index is 625. The number of rotatable bonds is 5. The summed E-state index contributed by atoms with van der Waals surface area (Å²) in [5, 5.41) is 0. The minimum Gasteiger partial charge on any atom is -0.461 e. The van der Waals surface area contributed by atoms with Gasteiger partial charge in [0.05, 0.1) is 12.0 Å². The summed E-state index contributed by atoms with van der Waals surface area (Å²) in [6, 6.07) is 0. The van der Waals surface area contributed by atoms with E-state index >= 15 is 0 Å². The summed E-state index contributed by atoms with van der Waals surface area (Å²) in [5.74, 6) is 0.281. The van der Waals surface area contributed by atoms with Gasteiger partial charge < -0.3 is 14.1 Å². The number of hydrogen-bond acceptors (Lipinski definition) is 5. The zero-order valence-corrected chi connectivity index (χ0v) is 14.9. The number of carbonyl (C=O) groups is 2. The van der Waals surface area contributed by atoms with E-state index in [4.69, 9.17) is 9.15 Å². The third-order valence-corrected chi connectivity index (χ3v) is 4.82. The van der Waals surface area contributed by atoms with Crippen LogP contribution in [-0.2, 0) is 9.53 Å². The van der Waals surface area contributed by atoms with Crippen LogP contribution in [0.1, 0.15) is 62.7 Å². The molecule has 1 amide bonds. The van der Waals surface area contributed by atoms with Gasteiger partial charge >= 0.3 is 5.97 Å². The molecule has 0 saturated carbocycles. The van der Waals surface area contributed by atoms with Crippen molar-refractivity contribution in [3.63, 3.8) is 0 Å². The smallest absolute Gasteiger partial charge is 0.360 e. The summed E-state index contributed by atoms with van der Waals surface area (Å²) in [4.78, 5) is 30.5. The summed E-state index contributed by atoms with van der Waals surface area (Å²) < 4.78 is 10.5. The first-order valence-corrected chi connectivity index (χ1v) is 8.34. The molecule has 24 heavy (non-hydrogen) atoms. The van der Waals surface area contributed by atoms with E-state index in [0.717, 1.165) is 18.4 Å². The summed E-state index contributed by atoms with van der Waals surface area (Å²) in [5.41, 5.74) is 0.549. The fourth-order valence-corrected chi connectivity index (χ4v) is 2.82. The highest BCUT2D eigenvalue weighted by Gasteiger charge is 2.36. The summed E-state index contributed by atoms with van der Waals surface area (Å²) in [7, 11) is 0. The Morgan fingerprint density at radius 2 is 2.04 bits per heavy atom. The maximum atomic E-state index is 12.7. The lowest BCUT2D eigenvalue weighted by Crippen LogP contribution is -2.45. The van der Waals surface area contributed by atoms with Gasteiger partial charge in [-0.2, -0.15) is 0 Å². The van der Waals surface area contributed by atoms with Crippen LogP contribution in [-0.4, -0.2) is 41.5 Å². The van der Waals surface area contributed by atoms with E-state index in [2.05, 4.69) is 11.6 Å². The minimum absolute atomic E-state index is 0.0731. The van der Waals surface area contributed by atoms with Gasteiger partial charge in [0.15, 0.2) is 12.1 Å². The molecule has 0 aliphatic carbocycles. The second-order valence-electron chi connectivity index (χ2n) is 6.76. The van der Waals surface area contributed by atoms with E-state index in [1.807, 2.05) is 25.7 Å². The predicted molar refractivity (Wildman–Crippen MR) is 89.6 cm³/mol. The Kier molecular flexibility index (Phi) is 5.47. The number of nitrogens with zero attached hydrogens (tertiary/aromatic N) is 2. The van der Waals surface area contributed by atoms with E-state index in [1.165, 1.54) is 6.39 Å². The molecule has 0 atom stereocenters. The van der Waals surface area contributed by atoms with Gasteiger partial charge in [-0.3, -0.25) is 4.79 Å². The maximum Gasteiger partial charge on any atom is 0.360 e. The van der Waals surface area contributed by atoms with Gasteiger partial charge in [-0.25, -0.2) is 9.78 Å². The average molecular weight is 334 g/mol. The van der Waals surface area contributed by atoms with E-state index in [9.17, 15) is 9.59 Å². The normalized spacial score (nSPS) is 16.1. The number of hydrogen-bond donors (Lipinski definition) is 0. The van der Waals surface area contributed by atoms with Crippen LogP contribution < -0.4 is 0 Å². The summed E-state index contributed by atoms with van der Waals surface area (Å²) in [6.45, 7) is 12.9. The van der Waals surface area contributed by atoms with Gasteiger partial charge in [0.2, 0.25) is 5.91 Å². The van der Waals surface area contributed by atoms with Crippen LogP contribution >= 0.6 is 0 Å². The first-order valence-electron chi connectivity index (χ1n) is 8.34. The van der Waals surface area contributed by atoms with Crippen molar-refractivity contribution in [1.82, 2.24) is 9.88 Å². The standard InChI is InChI=1S/C18H26N2O4/c1-6-23-16(21)14-15(24-11-19-14)13-7-9-20(10-8-13)17(22)18(4,5)12(2)3/h11,13H,2,6-10H2,1,3-5H3. The molecule has 1 aliphatic heterocycles. The molecule has 6 heteroatoms. The third-order valence-electron chi connectivity index (χ3n) is 4.82. The van der Waals surface area contributed by atoms with Crippen molar-refractivity contribution in [2.45, 2.75) is 46.5 Å². The fourth-order valence-electron chi connectivity index (χ4n) is 2.82. The zero-order valence-electron chi connectivity index (χ0n) is 14.9. The van der Waals surface area contributed by atoms with E-state index in [-0.39, 0.29) is 17.5 Å². The first kappa shape index (κ1) is 18.2. The van der Waals surface area contributed by atoms with Crippen LogP contribution in [0, 0.1) is 5.41 Å². The van der Waals surface area contributed by atoms with Crippen LogP contribution in [0.15, 0.2) is 23.0 Å². The van der Waals surface area contributed by atoms with E-state index < -0.39 is 11.4 Å². The molecule has 0 N–H and O–H groups in total. The van der Waals surface area contributed by atoms with Gasteiger partial charge in [-0.1, -0.05) is 12.2 Å². The SMILES string of the molecule is C=C(C)C(C)(C)C(=O)N1CCC(c2ocnc2C(=O)OCC)CC1. The highest BCUT2D eigenvalue weighted by Crippen LogP contribution is 2.34. The molecule has 2 rings (SSSR count). The molecule has 0 radical (unpaired) electrons. The number of likely N-dealkylation sites (tertiary alicyclic amines) is 1. The van der Waals surface area contributed by atoms with Crippen LogP contribution in [0.25, 0.3) is 0 Å². The monoisotopic (exact) mass is 334 g/mol. The van der Waals surface area contributed by atoms with Crippen molar-refractivity contribution < 1.29 is 18.7 Å². The summed E-state index contributed by atoms with van der Waals surface area (Å²) in [6.07, 6.45) is 2.75. The van der Waals surface area contributed by atoms with Crippen LogP contribution in [0.2, 0.25) is 0 Å². The molecule has 132 valence electrons. The molecule has 1 aromatic rings. The van der Waals surface area contributed by atoms with Gasteiger partial charge in [0.25, 0.3) is 0 Å². The molecule has 2 heterocycles.